The minimum atomic E-state index is -0.490. The molecule has 0 saturated heterocycles. The van der Waals surface area contributed by atoms with Crippen molar-refractivity contribution in [3.05, 3.63) is 35.1 Å². The molecule has 0 atom stereocenters. The smallest absolute Gasteiger partial charge is 0.130 e. The van der Waals surface area contributed by atoms with Gasteiger partial charge in [0.05, 0.1) is 5.41 Å². The summed E-state index contributed by atoms with van der Waals surface area (Å²) in [6, 6.07) is 5.24. The maximum absolute atomic E-state index is 13.6. The first-order valence-electron chi connectivity index (χ1n) is 4.41. The summed E-state index contributed by atoms with van der Waals surface area (Å²) in [6.07, 6.45) is 2.46. The van der Waals surface area contributed by atoms with Gasteiger partial charge in [0.15, 0.2) is 0 Å². The van der Waals surface area contributed by atoms with Gasteiger partial charge >= 0.3 is 0 Å². The van der Waals surface area contributed by atoms with Gasteiger partial charge in [0, 0.05) is 5.56 Å². The summed E-state index contributed by atoms with van der Waals surface area (Å²) in [5, 5.41) is 0. The molecule has 68 valence electrons. The summed E-state index contributed by atoms with van der Waals surface area (Å²) in [5.74, 6) is -0.216. The Bertz CT molecular complexity index is 353. The van der Waals surface area contributed by atoms with E-state index in [2.05, 4.69) is 0 Å². The Morgan fingerprint density at radius 3 is 2.69 bits per heavy atom. The average Bonchev–Trinajstić information content (AvgIpc) is 2.90. The SMILES string of the molecule is Cc1cccc(C2(C=O)CC2)c1F. The van der Waals surface area contributed by atoms with Crippen LogP contribution in [0.25, 0.3) is 0 Å². The molecule has 0 N–H and O–H groups in total. The van der Waals surface area contributed by atoms with Crippen LogP contribution < -0.4 is 0 Å². The summed E-state index contributed by atoms with van der Waals surface area (Å²) in [5.41, 5.74) is 0.698. The molecule has 0 radical (unpaired) electrons. The Morgan fingerprint density at radius 1 is 1.46 bits per heavy atom. The molecule has 1 aromatic carbocycles. The monoisotopic (exact) mass is 178 g/mol. The number of rotatable bonds is 2. The molecule has 1 nitrogen and oxygen atoms in total. The lowest BCUT2D eigenvalue weighted by atomic mass is 9.95. The van der Waals surface area contributed by atoms with E-state index in [-0.39, 0.29) is 5.82 Å². The second kappa shape index (κ2) is 2.66. The summed E-state index contributed by atoms with van der Waals surface area (Å²) in [6.45, 7) is 1.72. The van der Waals surface area contributed by atoms with E-state index < -0.39 is 5.41 Å². The van der Waals surface area contributed by atoms with Gasteiger partial charge in [-0.1, -0.05) is 18.2 Å². The molecular formula is C11H11FO. The molecule has 2 heteroatoms. The molecule has 2 rings (SSSR count). The predicted octanol–water partition coefficient (Wildman–Crippen LogP) is 2.36. The summed E-state index contributed by atoms with van der Waals surface area (Å²) in [4.78, 5) is 10.8. The Balaban J connectivity index is 2.52. The van der Waals surface area contributed by atoms with Gasteiger partial charge in [-0.3, -0.25) is 0 Å². The third-order valence-corrected chi connectivity index (χ3v) is 2.74. The fraction of sp³-hybridized carbons (Fsp3) is 0.364. The highest BCUT2D eigenvalue weighted by Gasteiger charge is 2.46. The van der Waals surface area contributed by atoms with Crippen molar-refractivity contribution in [2.45, 2.75) is 25.2 Å². The Morgan fingerprint density at radius 2 is 2.15 bits per heavy atom. The van der Waals surface area contributed by atoms with E-state index in [0.29, 0.717) is 11.1 Å². The van der Waals surface area contributed by atoms with Crippen LogP contribution in [0, 0.1) is 12.7 Å². The van der Waals surface area contributed by atoms with Gasteiger partial charge in [0.2, 0.25) is 0 Å². The van der Waals surface area contributed by atoms with Crippen molar-refractivity contribution in [3.8, 4) is 0 Å². The molecule has 0 unspecified atom stereocenters. The minimum absolute atomic E-state index is 0.216. The first kappa shape index (κ1) is 8.42. The van der Waals surface area contributed by atoms with E-state index >= 15 is 0 Å². The molecule has 1 aliphatic carbocycles. The topological polar surface area (TPSA) is 17.1 Å². The van der Waals surface area contributed by atoms with Crippen LogP contribution in [0.1, 0.15) is 24.0 Å². The standard InChI is InChI=1S/C11H11FO/c1-8-3-2-4-9(10(8)12)11(7-13)5-6-11/h2-4,7H,5-6H2,1H3. The molecule has 0 aliphatic heterocycles. The zero-order valence-corrected chi connectivity index (χ0v) is 7.51. The first-order chi connectivity index (χ1) is 6.19. The van der Waals surface area contributed by atoms with Crippen LogP contribution in [0.5, 0.6) is 0 Å². The maximum Gasteiger partial charge on any atom is 0.130 e. The van der Waals surface area contributed by atoms with Crippen molar-refractivity contribution in [1.82, 2.24) is 0 Å². The number of benzene rings is 1. The summed E-state index contributed by atoms with van der Waals surface area (Å²) in [7, 11) is 0. The molecule has 0 spiro atoms. The van der Waals surface area contributed by atoms with Gasteiger partial charge in [-0.2, -0.15) is 0 Å². The van der Waals surface area contributed by atoms with E-state index in [9.17, 15) is 9.18 Å². The molecule has 0 heterocycles. The van der Waals surface area contributed by atoms with E-state index in [0.717, 1.165) is 19.1 Å². The lowest BCUT2D eigenvalue weighted by Gasteiger charge is -2.09. The largest absolute Gasteiger partial charge is 0.302 e. The van der Waals surface area contributed by atoms with E-state index in [4.69, 9.17) is 0 Å². The van der Waals surface area contributed by atoms with Gasteiger partial charge in [0.25, 0.3) is 0 Å². The van der Waals surface area contributed by atoms with Gasteiger partial charge in [-0.15, -0.1) is 0 Å². The van der Waals surface area contributed by atoms with Crippen LogP contribution in [-0.2, 0) is 10.2 Å². The van der Waals surface area contributed by atoms with E-state index in [1.807, 2.05) is 0 Å². The number of aryl methyl sites for hydroxylation is 1. The predicted molar refractivity (Wildman–Crippen MR) is 48.1 cm³/mol. The highest BCUT2D eigenvalue weighted by atomic mass is 19.1. The number of hydrogen-bond donors (Lipinski definition) is 0. The van der Waals surface area contributed by atoms with Gasteiger partial charge in [0.1, 0.15) is 12.1 Å². The van der Waals surface area contributed by atoms with Crippen LogP contribution in [0.4, 0.5) is 4.39 Å². The van der Waals surface area contributed by atoms with Crippen LogP contribution in [0.15, 0.2) is 18.2 Å². The zero-order chi connectivity index (χ0) is 9.47. The van der Waals surface area contributed by atoms with Gasteiger partial charge in [-0.25, -0.2) is 4.39 Å². The molecule has 1 aliphatic rings. The fourth-order valence-corrected chi connectivity index (χ4v) is 1.62. The Labute approximate surface area is 76.6 Å². The number of halogens is 1. The molecule has 13 heavy (non-hydrogen) atoms. The van der Waals surface area contributed by atoms with Crippen LogP contribution in [0.3, 0.4) is 0 Å². The van der Waals surface area contributed by atoms with Crippen LogP contribution in [0.2, 0.25) is 0 Å². The Hall–Kier alpha value is -1.18. The maximum atomic E-state index is 13.6. The normalized spacial score (nSPS) is 18.3. The molecule has 1 saturated carbocycles. The van der Waals surface area contributed by atoms with E-state index in [1.54, 1.807) is 25.1 Å². The quantitative estimate of drug-likeness (QED) is 0.635. The lowest BCUT2D eigenvalue weighted by molar-refractivity contribution is -0.109. The highest BCUT2D eigenvalue weighted by molar-refractivity contribution is 5.73. The second-order valence-corrected chi connectivity index (χ2v) is 3.71. The number of aldehydes is 1. The molecule has 0 bridgehead atoms. The number of hydrogen-bond acceptors (Lipinski definition) is 1. The van der Waals surface area contributed by atoms with Gasteiger partial charge in [-0.05, 0) is 25.3 Å². The average molecular weight is 178 g/mol. The Kier molecular flexibility index (Phi) is 1.72. The van der Waals surface area contributed by atoms with Crippen molar-refractivity contribution in [2.75, 3.05) is 0 Å². The van der Waals surface area contributed by atoms with E-state index in [1.165, 1.54) is 0 Å². The third-order valence-electron chi connectivity index (χ3n) is 2.74. The highest BCUT2D eigenvalue weighted by Crippen LogP contribution is 2.47. The van der Waals surface area contributed by atoms with Crippen molar-refractivity contribution in [2.24, 2.45) is 0 Å². The molecule has 1 aromatic rings. The summed E-state index contributed by atoms with van der Waals surface area (Å²) < 4.78 is 13.6. The molecule has 1 fully saturated rings. The number of carbonyl (C=O) groups excluding carboxylic acids is 1. The van der Waals surface area contributed by atoms with Crippen LogP contribution >= 0.6 is 0 Å². The van der Waals surface area contributed by atoms with Crippen molar-refractivity contribution >= 4 is 6.29 Å². The number of carbonyl (C=O) groups is 1. The zero-order valence-electron chi connectivity index (χ0n) is 7.51. The van der Waals surface area contributed by atoms with Gasteiger partial charge < -0.3 is 4.79 Å². The first-order valence-corrected chi connectivity index (χ1v) is 4.41. The fourth-order valence-electron chi connectivity index (χ4n) is 1.62. The molecule has 0 aromatic heterocycles. The molecule has 0 amide bonds. The second-order valence-electron chi connectivity index (χ2n) is 3.71. The van der Waals surface area contributed by atoms with Crippen molar-refractivity contribution in [3.63, 3.8) is 0 Å². The van der Waals surface area contributed by atoms with Crippen molar-refractivity contribution in [1.29, 1.82) is 0 Å². The lowest BCUT2D eigenvalue weighted by Crippen LogP contribution is -2.10. The molecular weight excluding hydrogens is 167 g/mol. The van der Waals surface area contributed by atoms with Crippen molar-refractivity contribution < 1.29 is 9.18 Å². The third kappa shape index (κ3) is 1.17. The minimum Gasteiger partial charge on any atom is -0.302 e. The van der Waals surface area contributed by atoms with Crippen LogP contribution in [-0.4, -0.2) is 6.29 Å². The summed E-state index contributed by atoms with van der Waals surface area (Å²) >= 11 is 0.